The third kappa shape index (κ3) is 5.15. The van der Waals surface area contributed by atoms with Crippen LogP contribution in [0.25, 0.3) is 66.4 Å². The van der Waals surface area contributed by atoms with Crippen molar-refractivity contribution >= 4 is 50.8 Å². The van der Waals surface area contributed by atoms with Crippen LogP contribution in [-0.4, -0.2) is 0 Å². The van der Waals surface area contributed by atoms with E-state index in [9.17, 15) is 0 Å². The first-order valence-corrected chi connectivity index (χ1v) is 25.4. The molecule has 15 rings (SSSR count). The van der Waals surface area contributed by atoms with Gasteiger partial charge in [0.25, 0.3) is 0 Å². The number of rotatable bonds is 4. The zero-order valence-electron chi connectivity index (χ0n) is 39.5. The van der Waals surface area contributed by atoms with E-state index in [1.165, 1.54) is 98.8 Å². The second-order valence-corrected chi connectivity index (χ2v) is 21.8. The van der Waals surface area contributed by atoms with Gasteiger partial charge in [0.05, 0.1) is 16.5 Å². The summed E-state index contributed by atoms with van der Waals surface area (Å²) < 4.78 is 6.70. The molecule has 0 saturated heterocycles. The van der Waals surface area contributed by atoms with Crippen LogP contribution in [0.15, 0.2) is 227 Å². The summed E-state index contributed by atoms with van der Waals surface area (Å²) >= 11 is 1.93. The van der Waals surface area contributed by atoms with Gasteiger partial charge in [-0.1, -0.05) is 197 Å². The van der Waals surface area contributed by atoms with Gasteiger partial charge in [-0.15, -0.1) is 0 Å². The second-order valence-electron chi connectivity index (χ2n) is 20.7. The Bertz CT molecular complexity index is 4030. The fourth-order valence-electron chi connectivity index (χ4n) is 13.4. The first-order chi connectivity index (χ1) is 34.2. The summed E-state index contributed by atoms with van der Waals surface area (Å²) in [5.41, 5.74) is 25.1. The molecular formula is C67H47NOS. The summed E-state index contributed by atoms with van der Waals surface area (Å²) in [6, 6.07) is 80.1. The van der Waals surface area contributed by atoms with Crippen molar-refractivity contribution in [2.24, 2.45) is 0 Å². The van der Waals surface area contributed by atoms with Gasteiger partial charge < -0.3 is 9.32 Å². The summed E-state index contributed by atoms with van der Waals surface area (Å²) in [7, 11) is 0. The number of fused-ring (bicyclic) bond motifs is 18. The zero-order valence-corrected chi connectivity index (χ0v) is 40.3. The highest BCUT2D eigenvalue weighted by atomic mass is 32.2. The molecule has 1 aromatic heterocycles. The smallest absolute Gasteiger partial charge is 0.137 e. The fourth-order valence-corrected chi connectivity index (χ4v) is 14.7. The van der Waals surface area contributed by atoms with Crippen LogP contribution in [0.1, 0.15) is 72.2 Å². The average Bonchev–Trinajstić information content (AvgIpc) is 4.07. The minimum Gasteiger partial charge on any atom is -0.456 e. The molecule has 3 aliphatic carbocycles. The molecule has 11 aromatic rings. The van der Waals surface area contributed by atoms with Crippen LogP contribution in [0.5, 0.6) is 0 Å². The Morgan fingerprint density at radius 3 is 1.64 bits per heavy atom. The normalized spacial score (nSPS) is 15.4. The Morgan fingerprint density at radius 2 is 0.914 bits per heavy atom. The maximum absolute atomic E-state index is 6.70. The van der Waals surface area contributed by atoms with Gasteiger partial charge in [0.15, 0.2) is 0 Å². The average molecular weight is 914 g/mol. The molecule has 0 atom stereocenters. The molecule has 1 spiro atoms. The van der Waals surface area contributed by atoms with Crippen LogP contribution in [0, 0.1) is 0 Å². The fraction of sp³-hybridized carbons (Fsp3) is 0.104. The van der Waals surface area contributed by atoms with Gasteiger partial charge >= 0.3 is 0 Å². The van der Waals surface area contributed by atoms with Crippen LogP contribution in [-0.2, 0) is 16.2 Å². The number of hydrogen-bond acceptors (Lipinski definition) is 3. The van der Waals surface area contributed by atoms with Gasteiger partial charge in [-0.25, -0.2) is 0 Å². The van der Waals surface area contributed by atoms with Gasteiger partial charge in [-0.3, -0.25) is 0 Å². The van der Waals surface area contributed by atoms with Crippen molar-refractivity contribution in [3.05, 3.63) is 257 Å². The van der Waals surface area contributed by atoms with E-state index in [2.05, 4.69) is 245 Å². The van der Waals surface area contributed by atoms with Crippen LogP contribution in [0.4, 0.5) is 17.1 Å². The number of furan rings is 1. The quantitative estimate of drug-likeness (QED) is 0.175. The van der Waals surface area contributed by atoms with Crippen molar-refractivity contribution in [2.45, 2.75) is 53.7 Å². The molecule has 2 nitrogen and oxygen atoms in total. The number of anilines is 3. The Balaban J connectivity index is 1.09. The predicted molar refractivity (Wildman–Crippen MR) is 290 cm³/mol. The Morgan fingerprint density at radius 1 is 0.371 bits per heavy atom. The molecule has 0 radical (unpaired) electrons. The maximum Gasteiger partial charge on any atom is 0.137 e. The third-order valence-electron chi connectivity index (χ3n) is 16.5. The highest BCUT2D eigenvalue weighted by Crippen LogP contribution is 2.65. The number of hydrogen-bond donors (Lipinski definition) is 0. The van der Waals surface area contributed by atoms with Gasteiger partial charge in [0.2, 0.25) is 0 Å². The van der Waals surface area contributed by atoms with E-state index in [1.54, 1.807) is 0 Å². The largest absolute Gasteiger partial charge is 0.456 e. The van der Waals surface area contributed by atoms with Crippen molar-refractivity contribution in [2.75, 3.05) is 4.90 Å². The maximum atomic E-state index is 6.70. The number of benzene rings is 10. The first kappa shape index (κ1) is 40.1. The molecule has 2 heterocycles. The molecular weight excluding hydrogens is 867 g/mol. The van der Waals surface area contributed by atoms with E-state index < -0.39 is 5.41 Å². The molecule has 70 heavy (non-hydrogen) atoms. The topological polar surface area (TPSA) is 16.4 Å². The van der Waals surface area contributed by atoms with E-state index in [1.807, 2.05) is 11.8 Å². The van der Waals surface area contributed by atoms with Gasteiger partial charge in [-0.2, -0.15) is 0 Å². The summed E-state index contributed by atoms with van der Waals surface area (Å²) in [4.78, 5) is 5.12. The number of para-hydroxylation sites is 1. The highest BCUT2D eigenvalue weighted by Gasteiger charge is 2.51. The number of nitrogens with zero attached hydrogens (tertiary/aromatic N) is 1. The molecule has 0 bridgehead atoms. The van der Waals surface area contributed by atoms with Crippen molar-refractivity contribution in [3.63, 3.8) is 0 Å². The molecule has 332 valence electrons. The van der Waals surface area contributed by atoms with Crippen molar-refractivity contribution in [1.82, 2.24) is 0 Å². The summed E-state index contributed by atoms with van der Waals surface area (Å²) in [5.74, 6) is 0. The molecule has 0 amide bonds. The van der Waals surface area contributed by atoms with Gasteiger partial charge in [-0.05, 0) is 144 Å². The third-order valence-corrected chi connectivity index (χ3v) is 17.8. The lowest BCUT2D eigenvalue weighted by atomic mass is 9.66. The lowest BCUT2D eigenvalue weighted by molar-refractivity contribution is 0.660. The molecule has 0 fully saturated rings. The van der Waals surface area contributed by atoms with E-state index in [0.717, 1.165) is 39.0 Å². The molecule has 10 aromatic carbocycles. The van der Waals surface area contributed by atoms with Crippen LogP contribution < -0.4 is 4.90 Å². The van der Waals surface area contributed by atoms with Crippen LogP contribution >= 0.6 is 11.8 Å². The minimum absolute atomic E-state index is 0.107. The monoisotopic (exact) mass is 913 g/mol. The molecule has 1 aliphatic heterocycles. The lowest BCUT2D eigenvalue weighted by Gasteiger charge is -2.41. The molecule has 0 N–H and O–H groups in total. The Kier molecular flexibility index (Phi) is 8.09. The summed E-state index contributed by atoms with van der Waals surface area (Å²) in [6.07, 6.45) is 0. The molecule has 3 heteroatoms. The SMILES string of the molecule is CC1(C)c2ccccc2-c2cc(-c3cc(N(c4ccc5c(c4)C(C)(C)c4ccccc4-5)c4cccc5oc6ccccc6c45)cc4c3Sc3ccccc3C43c4ccccc4-c4ccccc43)ccc21. The predicted octanol–water partition coefficient (Wildman–Crippen LogP) is 18.2. The van der Waals surface area contributed by atoms with Crippen molar-refractivity contribution in [1.29, 1.82) is 0 Å². The first-order valence-electron chi connectivity index (χ1n) is 24.6. The van der Waals surface area contributed by atoms with Crippen molar-refractivity contribution < 1.29 is 4.42 Å². The van der Waals surface area contributed by atoms with Crippen LogP contribution in [0.2, 0.25) is 0 Å². The highest BCUT2D eigenvalue weighted by molar-refractivity contribution is 7.99. The molecule has 0 saturated carbocycles. The zero-order chi connectivity index (χ0) is 46.7. The van der Waals surface area contributed by atoms with Gasteiger partial charge in [0, 0.05) is 37.4 Å². The lowest BCUT2D eigenvalue weighted by Crippen LogP contribution is -2.32. The Hall–Kier alpha value is -7.85. The van der Waals surface area contributed by atoms with E-state index >= 15 is 0 Å². The molecule has 4 aliphatic rings. The van der Waals surface area contributed by atoms with Crippen molar-refractivity contribution in [3.8, 4) is 44.5 Å². The Labute approximate surface area is 412 Å². The molecule has 0 unspecified atom stereocenters. The second kappa shape index (κ2) is 14.1. The van der Waals surface area contributed by atoms with Gasteiger partial charge in [0.1, 0.15) is 11.2 Å². The standard InChI is InChI=1S/C67H47NOS/c1-65(2)52-24-11-6-21-46(52)50-36-40(32-35-53(50)65)49-37-42(39-58-64(49)70-62-31-16-14-27-56(62)67(58)54-25-12-7-19-44(54)45-20-8-13-26-55(45)67)68(59-28-17-30-61-63(59)48-22-9-15-29-60(48)69-61)41-33-34-47-43-18-5-10-23-51(43)66(3,4)57(47)38-41/h5-39H,1-4H3. The summed E-state index contributed by atoms with van der Waals surface area (Å²) in [5, 5.41) is 2.20. The summed E-state index contributed by atoms with van der Waals surface area (Å²) in [6.45, 7) is 9.52. The van der Waals surface area contributed by atoms with E-state index in [-0.39, 0.29) is 10.8 Å². The van der Waals surface area contributed by atoms with E-state index in [4.69, 9.17) is 4.42 Å². The van der Waals surface area contributed by atoms with E-state index in [0.29, 0.717) is 0 Å². The minimum atomic E-state index is -0.595. The van der Waals surface area contributed by atoms with Crippen LogP contribution in [0.3, 0.4) is 0 Å².